The number of ether oxygens (including phenoxy) is 1. The number of nitrogens with zero attached hydrogens (tertiary/aromatic N) is 1. The van der Waals surface area contributed by atoms with Crippen LogP contribution in [0.1, 0.15) is 19.8 Å². The van der Waals surface area contributed by atoms with Crippen molar-refractivity contribution in [1.82, 2.24) is 10.2 Å². The van der Waals surface area contributed by atoms with E-state index in [0.29, 0.717) is 12.7 Å². The van der Waals surface area contributed by atoms with Gasteiger partial charge in [-0.1, -0.05) is 18.8 Å². The highest BCUT2D eigenvalue weighted by molar-refractivity contribution is 5.02. The van der Waals surface area contributed by atoms with E-state index in [9.17, 15) is 0 Å². The Balaban J connectivity index is 1.54. The van der Waals surface area contributed by atoms with Crippen LogP contribution in [0.25, 0.3) is 0 Å². The lowest BCUT2D eigenvalue weighted by molar-refractivity contribution is 0.0394. The molecule has 0 atom stereocenters. The van der Waals surface area contributed by atoms with Gasteiger partial charge in [-0.2, -0.15) is 0 Å². The van der Waals surface area contributed by atoms with E-state index in [2.05, 4.69) is 29.0 Å². The van der Waals surface area contributed by atoms with Crippen LogP contribution < -0.4 is 5.32 Å². The molecule has 2 aliphatic rings. The van der Waals surface area contributed by atoms with Crippen LogP contribution in [0.5, 0.6) is 0 Å². The van der Waals surface area contributed by atoms with Gasteiger partial charge in [0.05, 0.1) is 12.6 Å². The molecule has 2 rings (SSSR count). The van der Waals surface area contributed by atoms with Crippen molar-refractivity contribution in [1.29, 1.82) is 0 Å². The highest BCUT2D eigenvalue weighted by atomic mass is 16.5. The summed E-state index contributed by atoms with van der Waals surface area (Å²) in [5, 5.41) is 3.18. The summed E-state index contributed by atoms with van der Waals surface area (Å²) in [7, 11) is 0. The molecular formula is C13H22N2O. The Kier molecular flexibility index (Phi) is 4.65. The summed E-state index contributed by atoms with van der Waals surface area (Å²) >= 11 is 0. The second-order valence-corrected chi connectivity index (χ2v) is 4.90. The molecule has 0 amide bonds. The third-order valence-corrected chi connectivity index (χ3v) is 3.44. The first-order valence-electron chi connectivity index (χ1n) is 6.35. The van der Waals surface area contributed by atoms with Gasteiger partial charge in [-0.3, -0.25) is 4.90 Å². The van der Waals surface area contributed by atoms with Gasteiger partial charge in [-0.25, -0.2) is 0 Å². The van der Waals surface area contributed by atoms with Crippen LogP contribution in [0, 0.1) is 17.8 Å². The molecule has 2 fully saturated rings. The molecule has 2 aliphatic heterocycles. The Morgan fingerprint density at radius 2 is 2.00 bits per heavy atom. The van der Waals surface area contributed by atoms with Gasteiger partial charge in [0.1, 0.15) is 6.61 Å². The third kappa shape index (κ3) is 3.79. The molecule has 0 aromatic rings. The zero-order valence-electron chi connectivity index (χ0n) is 10.2. The minimum atomic E-state index is 0.408. The molecule has 3 nitrogen and oxygen atoms in total. The molecular weight excluding hydrogens is 200 g/mol. The Morgan fingerprint density at radius 1 is 1.25 bits per heavy atom. The minimum absolute atomic E-state index is 0.408. The average molecular weight is 222 g/mol. The summed E-state index contributed by atoms with van der Waals surface area (Å²) in [4.78, 5) is 2.44. The van der Waals surface area contributed by atoms with E-state index < -0.39 is 0 Å². The van der Waals surface area contributed by atoms with Crippen molar-refractivity contribution >= 4 is 0 Å². The number of rotatable bonds is 3. The van der Waals surface area contributed by atoms with Crippen LogP contribution in [-0.2, 0) is 4.74 Å². The van der Waals surface area contributed by atoms with E-state index in [1.807, 2.05) is 0 Å². The highest BCUT2D eigenvalue weighted by Crippen LogP contribution is 2.14. The molecule has 0 aromatic heterocycles. The fraction of sp³-hybridized carbons (Fsp3) is 0.846. The first-order valence-corrected chi connectivity index (χ1v) is 6.35. The number of nitrogens with one attached hydrogen (secondary N) is 1. The quantitative estimate of drug-likeness (QED) is 0.712. The summed E-state index contributed by atoms with van der Waals surface area (Å²) in [5.74, 6) is 7.21. The number of piperidine rings is 1. The first-order chi connectivity index (χ1) is 7.84. The van der Waals surface area contributed by atoms with E-state index >= 15 is 0 Å². The molecule has 0 bridgehead atoms. The molecule has 2 saturated heterocycles. The van der Waals surface area contributed by atoms with E-state index in [-0.39, 0.29) is 0 Å². The molecule has 0 saturated carbocycles. The highest BCUT2D eigenvalue weighted by Gasteiger charge is 2.16. The van der Waals surface area contributed by atoms with Crippen molar-refractivity contribution < 1.29 is 4.74 Å². The van der Waals surface area contributed by atoms with Crippen molar-refractivity contribution in [3.8, 4) is 11.8 Å². The average Bonchev–Trinajstić information content (AvgIpc) is 2.23. The van der Waals surface area contributed by atoms with Crippen molar-refractivity contribution in [2.45, 2.75) is 25.9 Å². The molecule has 0 radical (unpaired) electrons. The van der Waals surface area contributed by atoms with Crippen LogP contribution in [0.4, 0.5) is 0 Å². The topological polar surface area (TPSA) is 24.5 Å². The number of hydrogen-bond donors (Lipinski definition) is 1. The predicted octanol–water partition coefficient (Wildman–Crippen LogP) is 0.710. The summed E-state index contributed by atoms with van der Waals surface area (Å²) in [6.07, 6.45) is 3.06. The summed E-state index contributed by atoms with van der Waals surface area (Å²) in [5.41, 5.74) is 0. The monoisotopic (exact) mass is 222 g/mol. The smallest absolute Gasteiger partial charge is 0.108 e. The van der Waals surface area contributed by atoms with Crippen LogP contribution in [0.15, 0.2) is 0 Å². The van der Waals surface area contributed by atoms with Gasteiger partial charge >= 0.3 is 0 Å². The van der Waals surface area contributed by atoms with Crippen molar-refractivity contribution in [3.05, 3.63) is 0 Å². The van der Waals surface area contributed by atoms with Gasteiger partial charge in [0.2, 0.25) is 0 Å². The lowest BCUT2D eigenvalue weighted by atomic mass is 9.99. The molecule has 16 heavy (non-hydrogen) atoms. The summed E-state index contributed by atoms with van der Waals surface area (Å²) in [6, 6.07) is 0. The summed E-state index contributed by atoms with van der Waals surface area (Å²) in [6.45, 7) is 8.25. The maximum absolute atomic E-state index is 5.53. The van der Waals surface area contributed by atoms with Gasteiger partial charge in [-0.15, -0.1) is 0 Å². The standard InChI is InChI=1S/C13H22N2O/c1-12-4-7-15(8-5-12)6-2-3-9-16-13-10-14-11-13/h12-14H,4-11H2,1H3. The van der Waals surface area contributed by atoms with Crippen LogP contribution in [0.2, 0.25) is 0 Å². The zero-order valence-corrected chi connectivity index (χ0v) is 10.2. The van der Waals surface area contributed by atoms with Crippen LogP contribution >= 0.6 is 0 Å². The second kappa shape index (κ2) is 6.24. The van der Waals surface area contributed by atoms with E-state index in [4.69, 9.17) is 4.74 Å². The molecule has 0 spiro atoms. The molecule has 0 aliphatic carbocycles. The number of hydrogen-bond acceptors (Lipinski definition) is 3. The van der Waals surface area contributed by atoms with Gasteiger partial charge in [0, 0.05) is 13.1 Å². The van der Waals surface area contributed by atoms with Crippen LogP contribution in [0.3, 0.4) is 0 Å². The van der Waals surface area contributed by atoms with E-state index in [0.717, 1.165) is 25.6 Å². The fourth-order valence-corrected chi connectivity index (χ4v) is 1.98. The van der Waals surface area contributed by atoms with Crippen LogP contribution in [-0.4, -0.2) is 50.3 Å². The van der Waals surface area contributed by atoms with Crippen molar-refractivity contribution in [3.63, 3.8) is 0 Å². The zero-order chi connectivity index (χ0) is 11.2. The second-order valence-electron chi connectivity index (χ2n) is 4.90. The molecule has 90 valence electrons. The molecule has 3 heteroatoms. The van der Waals surface area contributed by atoms with Gasteiger partial charge < -0.3 is 10.1 Å². The molecule has 1 N–H and O–H groups in total. The SMILES string of the molecule is CC1CCN(CC#CCOC2CNC2)CC1. The maximum atomic E-state index is 5.53. The lowest BCUT2D eigenvalue weighted by Crippen LogP contribution is -2.48. The van der Waals surface area contributed by atoms with Crippen molar-refractivity contribution in [2.24, 2.45) is 5.92 Å². The largest absolute Gasteiger partial charge is 0.363 e. The Labute approximate surface area is 98.5 Å². The molecule has 0 aromatic carbocycles. The molecule has 2 heterocycles. The maximum Gasteiger partial charge on any atom is 0.108 e. The Bertz CT molecular complexity index is 257. The van der Waals surface area contributed by atoms with E-state index in [1.165, 1.54) is 25.9 Å². The first kappa shape index (κ1) is 11.9. The lowest BCUT2D eigenvalue weighted by Gasteiger charge is -2.28. The number of likely N-dealkylation sites (tertiary alicyclic amines) is 1. The van der Waals surface area contributed by atoms with Gasteiger partial charge in [0.25, 0.3) is 0 Å². The minimum Gasteiger partial charge on any atom is -0.363 e. The predicted molar refractivity (Wildman–Crippen MR) is 65.2 cm³/mol. The van der Waals surface area contributed by atoms with Gasteiger partial charge in [-0.05, 0) is 31.8 Å². The fourth-order valence-electron chi connectivity index (χ4n) is 1.98. The third-order valence-electron chi connectivity index (χ3n) is 3.44. The summed E-state index contributed by atoms with van der Waals surface area (Å²) < 4.78 is 5.53. The van der Waals surface area contributed by atoms with E-state index in [1.54, 1.807) is 0 Å². The normalized spacial score (nSPS) is 23.6. The van der Waals surface area contributed by atoms with Crippen molar-refractivity contribution in [2.75, 3.05) is 39.3 Å². The Hall–Kier alpha value is -0.560. The molecule has 0 unspecified atom stereocenters. The Morgan fingerprint density at radius 3 is 2.62 bits per heavy atom. The van der Waals surface area contributed by atoms with Gasteiger partial charge in [0.15, 0.2) is 0 Å².